The Bertz CT molecular complexity index is 930. The molecule has 156 valence electrons. The summed E-state index contributed by atoms with van der Waals surface area (Å²) in [6, 6.07) is 4.31. The molecule has 29 heavy (non-hydrogen) atoms. The predicted octanol–water partition coefficient (Wildman–Crippen LogP) is 4.37. The molecule has 0 aliphatic heterocycles. The van der Waals surface area contributed by atoms with E-state index in [1.807, 2.05) is 5.32 Å². The van der Waals surface area contributed by atoms with Crippen LogP contribution in [-0.2, 0) is 17.1 Å². The summed E-state index contributed by atoms with van der Waals surface area (Å²) in [6.07, 6.45) is -9.21. The summed E-state index contributed by atoms with van der Waals surface area (Å²) in [4.78, 5) is 27.0. The van der Waals surface area contributed by atoms with Crippen molar-refractivity contribution in [2.45, 2.75) is 18.3 Å². The summed E-state index contributed by atoms with van der Waals surface area (Å²) in [5, 5.41) is 10.7. The van der Waals surface area contributed by atoms with Crippen LogP contribution >= 0.6 is 11.6 Å². The van der Waals surface area contributed by atoms with Crippen molar-refractivity contribution in [1.29, 1.82) is 0 Å². The number of nitrogens with zero attached hydrogens (tertiary/aromatic N) is 1. The van der Waals surface area contributed by atoms with Gasteiger partial charge in [0.25, 0.3) is 5.91 Å². The fourth-order valence-electron chi connectivity index (χ4n) is 2.38. The first kappa shape index (κ1) is 22.5. The first-order valence-electron chi connectivity index (χ1n) is 7.72. The molecule has 5 nitrogen and oxygen atoms in total. The Labute approximate surface area is 164 Å². The van der Waals surface area contributed by atoms with Gasteiger partial charge in [0.05, 0.1) is 27.4 Å². The second-order valence-corrected chi connectivity index (χ2v) is 6.14. The van der Waals surface area contributed by atoms with Gasteiger partial charge in [0.1, 0.15) is 5.92 Å². The molecule has 0 spiro atoms. The highest BCUT2D eigenvalue weighted by atomic mass is 35.5. The van der Waals surface area contributed by atoms with Crippen LogP contribution in [-0.4, -0.2) is 28.5 Å². The SMILES string of the molecule is O=C(NCC(C(=O)O)c1ncc(C(F)(F)F)cc1Cl)c1ccccc1C(F)(F)F. The molecular formula is C17H11ClF6N2O3. The maximum Gasteiger partial charge on any atom is 0.417 e. The number of carbonyl (C=O) groups excluding carboxylic acids is 1. The van der Waals surface area contributed by atoms with Crippen molar-refractivity contribution in [1.82, 2.24) is 10.3 Å². The molecule has 0 fully saturated rings. The van der Waals surface area contributed by atoms with Gasteiger partial charge in [0.2, 0.25) is 0 Å². The number of carboxylic acids is 1. The maximum absolute atomic E-state index is 13.0. The molecule has 1 heterocycles. The molecule has 2 rings (SSSR count). The van der Waals surface area contributed by atoms with Crippen molar-refractivity contribution < 1.29 is 41.0 Å². The van der Waals surface area contributed by atoms with Crippen LogP contribution in [0.5, 0.6) is 0 Å². The van der Waals surface area contributed by atoms with Gasteiger partial charge in [-0.1, -0.05) is 23.7 Å². The lowest BCUT2D eigenvalue weighted by molar-refractivity contribution is -0.139. The molecule has 2 aromatic rings. The first-order valence-corrected chi connectivity index (χ1v) is 8.10. The number of rotatable bonds is 5. The van der Waals surface area contributed by atoms with Gasteiger partial charge in [-0.2, -0.15) is 26.3 Å². The van der Waals surface area contributed by atoms with Crippen LogP contribution < -0.4 is 5.32 Å². The standard InChI is InChI=1S/C17H11ClF6N2O3/c18-12-5-8(16(19,20)21)6-25-13(12)10(15(28)29)7-26-14(27)9-3-1-2-4-11(9)17(22,23)24/h1-6,10H,7H2,(H,26,27)(H,28,29). The molecule has 12 heteroatoms. The van der Waals surface area contributed by atoms with E-state index in [0.717, 1.165) is 12.1 Å². The van der Waals surface area contributed by atoms with Crippen LogP contribution in [0.3, 0.4) is 0 Å². The van der Waals surface area contributed by atoms with Crippen molar-refractivity contribution in [3.8, 4) is 0 Å². The summed E-state index contributed by atoms with van der Waals surface area (Å²) in [6.45, 7) is -0.752. The van der Waals surface area contributed by atoms with E-state index < -0.39 is 64.1 Å². The monoisotopic (exact) mass is 440 g/mol. The highest BCUT2D eigenvalue weighted by Crippen LogP contribution is 2.33. The number of hydrogen-bond acceptors (Lipinski definition) is 3. The first-order chi connectivity index (χ1) is 13.3. The van der Waals surface area contributed by atoms with Crippen LogP contribution in [0.2, 0.25) is 5.02 Å². The molecular weight excluding hydrogens is 430 g/mol. The lowest BCUT2D eigenvalue weighted by atomic mass is 10.0. The van der Waals surface area contributed by atoms with E-state index in [4.69, 9.17) is 11.6 Å². The van der Waals surface area contributed by atoms with Crippen molar-refractivity contribution >= 4 is 23.5 Å². The van der Waals surface area contributed by atoms with Crippen molar-refractivity contribution in [3.05, 3.63) is 63.9 Å². The molecule has 0 bridgehead atoms. The summed E-state index contributed by atoms with van der Waals surface area (Å²) in [7, 11) is 0. The average molecular weight is 441 g/mol. The second kappa shape index (κ2) is 8.27. The molecule has 1 unspecified atom stereocenters. The minimum atomic E-state index is -4.82. The number of alkyl halides is 6. The number of hydrogen-bond donors (Lipinski definition) is 2. The molecule has 1 amide bonds. The molecule has 0 saturated heterocycles. The number of nitrogens with one attached hydrogen (secondary N) is 1. The minimum absolute atomic E-state index is 0.373. The smallest absolute Gasteiger partial charge is 0.417 e. The fourth-order valence-corrected chi connectivity index (χ4v) is 2.68. The molecule has 1 aromatic heterocycles. The predicted molar refractivity (Wildman–Crippen MR) is 88.4 cm³/mol. The average Bonchev–Trinajstić information content (AvgIpc) is 2.61. The molecule has 0 aliphatic carbocycles. The highest BCUT2D eigenvalue weighted by molar-refractivity contribution is 6.31. The normalized spacial score (nSPS) is 13.1. The Kier molecular flexibility index (Phi) is 6.41. The zero-order valence-corrected chi connectivity index (χ0v) is 14.9. The fraction of sp³-hybridized carbons (Fsp3) is 0.235. The summed E-state index contributed by atoms with van der Waals surface area (Å²) >= 11 is 5.70. The van der Waals surface area contributed by atoms with Gasteiger partial charge < -0.3 is 10.4 Å². The van der Waals surface area contributed by atoms with E-state index in [1.165, 1.54) is 6.07 Å². The van der Waals surface area contributed by atoms with E-state index >= 15 is 0 Å². The Morgan fingerprint density at radius 3 is 2.24 bits per heavy atom. The number of benzene rings is 1. The summed E-state index contributed by atoms with van der Waals surface area (Å²) in [5.74, 6) is -4.50. The number of pyridine rings is 1. The van der Waals surface area contributed by atoms with E-state index in [-0.39, 0.29) is 0 Å². The Hall–Kier alpha value is -2.82. The van der Waals surface area contributed by atoms with Crippen LogP contribution in [0.1, 0.15) is 33.1 Å². The number of carbonyl (C=O) groups is 2. The zero-order valence-electron chi connectivity index (χ0n) is 14.1. The third-order valence-corrected chi connectivity index (χ3v) is 4.07. The number of amides is 1. The Morgan fingerprint density at radius 2 is 1.72 bits per heavy atom. The van der Waals surface area contributed by atoms with Gasteiger partial charge in [-0.3, -0.25) is 14.6 Å². The highest BCUT2D eigenvalue weighted by Gasteiger charge is 2.36. The van der Waals surface area contributed by atoms with Gasteiger partial charge in [0, 0.05) is 12.7 Å². The third-order valence-electron chi connectivity index (χ3n) is 3.77. The number of aromatic nitrogens is 1. The molecule has 1 aromatic carbocycles. The van der Waals surface area contributed by atoms with Crippen LogP contribution in [0.25, 0.3) is 0 Å². The Morgan fingerprint density at radius 1 is 1.10 bits per heavy atom. The number of halogens is 7. The Balaban J connectivity index is 2.26. The van der Waals surface area contributed by atoms with Gasteiger partial charge in [0.15, 0.2) is 0 Å². The van der Waals surface area contributed by atoms with Gasteiger partial charge in [-0.05, 0) is 18.2 Å². The van der Waals surface area contributed by atoms with Crippen LogP contribution in [0.15, 0.2) is 36.5 Å². The third kappa shape index (κ3) is 5.37. The van der Waals surface area contributed by atoms with Gasteiger partial charge >= 0.3 is 18.3 Å². The van der Waals surface area contributed by atoms with Crippen molar-refractivity contribution in [2.75, 3.05) is 6.54 Å². The maximum atomic E-state index is 13.0. The largest absolute Gasteiger partial charge is 0.481 e. The molecule has 0 radical (unpaired) electrons. The summed E-state index contributed by atoms with van der Waals surface area (Å²) < 4.78 is 77.0. The molecule has 2 N–H and O–H groups in total. The van der Waals surface area contributed by atoms with Gasteiger partial charge in [-0.25, -0.2) is 0 Å². The lowest BCUT2D eigenvalue weighted by Crippen LogP contribution is -2.33. The lowest BCUT2D eigenvalue weighted by Gasteiger charge is -2.17. The molecule has 0 saturated carbocycles. The van der Waals surface area contributed by atoms with E-state index in [9.17, 15) is 41.0 Å². The quantitative estimate of drug-likeness (QED) is 0.677. The number of carboxylic acid groups (broad SMARTS) is 1. The summed E-state index contributed by atoms with van der Waals surface area (Å²) in [5.41, 5.74) is -3.65. The van der Waals surface area contributed by atoms with Crippen LogP contribution in [0, 0.1) is 0 Å². The molecule has 0 aliphatic rings. The van der Waals surface area contributed by atoms with Crippen molar-refractivity contribution in [3.63, 3.8) is 0 Å². The minimum Gasteiger partial charge on any atom is -0.481 e. The molecule has 1 atom stereocenters. The van der Waals surface area contributed by atoms with E-state index in [2.05, 4.69) is 4.98 Å². The zero-order chi connectivity index (χ0) is 22.0. The van der Waals surface area contributed by atoms with Crippen LogP contribution in [0.4, 0.5) is 26.3 Å². The number of aliphatic carboxylic acids is 1. The second-order valence-electron chi connectivity index (χ2n) is 5.73. The van der Waals surface area contributed by atoms with Crippen molar-refractivity contribution in [2.24, 2.45) is 0 Å². The van der Waals surface area contributed by atoms with E-state index in [1.54, 1.807) is 0 Å². The van der Waals surface area contributed by atoms with Gasteiger partial charge in [-0.15, -0.1) is 0 Å². The topological polar surface area (TPSA) is 79.3 Å². The van der Waals surface area contributed by atoms with E-state index in [0.29, 0.717) is 18.3 Å².